The van der Waals surface area contributed by atoms with Crippen molar-refractivity contribution in [3.05, 3.63) is 102 Å². The van der Waals surface area contributed by atoms with Crippen molar-refractivity contribution in [2.24, 2.45) is 5.92 Å². The molecule has 13 N–H and O–H groups in total. The van der Waals surface area contributed by atoms with E-state index in [1.807, 2.05) is 48.5 Å². The number of aromatic hydroxyl groups is 1. The van der Waals surface area contributed by atoms with Crippen LogP contribution < -0.4 is 42.5 Å². The lowest BCUT2D eigenvalue weighted by atomic mass is 10.00. The number of benzene rings is 3. The Kier molecular flexibility index (Phi) is 24.3. The Bertz CT molecular complexity index is 2690. The standard InChI is InChI=1S/C55H75N9O13S2/c1-31(24-34-14-8-7-9-15-34)47(69)62-44-29-78-79-30-45(52(74)61-43(28-65)32(2)66)63-53(75)46(33(3)67)64-48(70)40(18-12-13-23-56-54(76)77-55(4,5)6)58-50(72)42(26-36-27-57-39-17-11-10-16-38(36)39)60-49(71)41(59-51(44)73)25-35-19-21-37(68)22-20-35/h7-11,14-17,19-22,27,31-33,40-46,57,65-68H,12-13,18,23-26,28-30H2,1-6H3,(H,56,76)(H,58,72)(H,59,73)(H,60,71)(H,61,74)(H,62,69)(H,63,75)(H,64,70)/t31?,32-,33-,40+,41+,42+,43-,44?,45?,46+/m1/s1. The highest BCUT2D eigenvalue weighted by atomic mass is 33.1. The van der Waals surface area contributed by atoms with E-state index < -0.39 is 120 Å². The maximum atomic E-state index is 14.9. The highest BCUT2D eigenvalue weighted by Crippen LogP contribution is 2.25. The fraction of sp³-hybridized carbons (Fsp3) is 0.491. The number of aromatic amines is 1. The van der Waals surface area contributed by atoms with Gasteiger partial charge in [0.1, 0.15) is 47.6 Å². The number of aromatic nitrogens is 1. The molecule has 3 aromatic carbocycles. The molecule has 10 atom stereocenters. The zero-order chi connectivity index (χ0) is 57.8. The van der Waals surface area contributed by atoms with Crippen LogP contribution in [0.15, 0.2) is 85.1 Å². The third-order valence-electron chi connectivity index (χ3n) is 12.8. The number of carbonyl (C=O) groups is 8. The zero-order valence-corrected chi connectivity index (χ0v) is 46.8. The fourth-order valence-corrected chi connectivity index (χ4v) is 10.7. The first-order valence-electron chi connectivity index (χ1n) is 26.2. The van der Waals surface area contributed by atoms with Crippen molar-refractivity contribution in [2.75, 3.05) is 24.7 Å². The van der Waals surface area contributed by atoms with Gasteiger partial charge in [-0.15, -0.1) is 0 Å². The van der Waals surface area contributed by atoms with E-state index in [9.17, 15) is 58.8 Å². The summed E-state index contributed by atoms with van der Waals surface area (Å²) in [5.74, 6) is -6.83. The smallest absolute Gasteiger partial charge is 0.407 e. The molecule has 5 rings (SSSR count). The summed E-state index contributed by atoms with van der Waals surface area (Å²) in [5, 5.41) is 63.6. The minimum Gasteiger partial charge on any atom is -0.508 e. The van der Waals surface area contributed by atoms with Gasteiger partial charge in [0.15, 0.2) is 0 Å². The summed E-state index contributed by atoms with van der Waals surface area (Å²) in [6, 6.07) is 12.5. The summed E-state index contributed by atoms with van der Waals surface area (Å²) in [6.07, 6.45) is -1.38. The van der Waals surface area contributed by atoms with Crippen LogP contribution in [0.3, 0.4) is 0 Å². The second kappa shape index (κ2) is 30.5. The van der Waals surface area contributed by atoms with Gasteiger partial charge in [0.05, 0.1) is 24.9 Å². The summed E-state index contributed by atoms with van der Waals surface area (Å²) in [4.78, 5) is 117. The van der Waals surface area contributed by atoms with Crippen molar-refractivity contribution >= 4 is 79.9 Å². The Balaban J connectivity index is 1.57. The Labute approximate surface area is 467 Å². The van der Waals surface area contributed by atoms with Gasteiger partial charge in [0.2, 0.25) is 41.4 Å². The van der Waals surface area contributed by atoms with Crippen molar-refractivity contribution in [3.63, 3.8) is 0 Å². The number of unbranched alkanes of at least 4 members (excludes halogenated alkanes) is 1. The van der Waals surface area contributed by atoms with E-state index >= 15 is 0 Å². The Morgan fingerprint density at radius 2 is 1.34 bits per heavy atom. The number of rotatable bonds is 18. The average Bonchev–Trinajstić information content (AvgIpc) is 3.90. The van der Waals surface area contributed by atoms with Crippen LogP contribution in [-0.4, -0.2) is 158 Å². The number of hydrogen-bond donors (Lipinski definition) is 13. The number of alkyl carbamates (subject to hydrolysis) is 1. The SMILES string of the molecule is CC(Cc1ccccc1)C(=O)NC1CSSCC(C(=O)N[C@H](CO)[C@@H](C)O)NC(=O)[C@H]([C@@H](C)O)NC(=O)[C@H](CCCCNC(=O)OC(C)(C)C)NC(=O)[C@H](Cc2c[nH]c3ccccc23)NC(=O)[C@H](Cc2ccc(O)cc2)NC1=O. The van der Waals surface area contributed by atoms with Crippen LogP contribution in [0, 0.1) is 5.92 Å². The molecule has 24 heteroatoms. The van der Waals surface area contributed by atoms with Gasteiger partial charge in [0.25, 0.3) is 0 Å². The third kappa shape index (κ3) is 20.4. The number of fused-ring (bicyclic) bond motifs is 1. The number of amides is 8. The fourth-order valence-electron chi connectivity index (χ4n) is 8.37. The van der Waals surface area contributed by atoms with Crippen molar-refractivity contribution in [1.82, 2.24) is 47.5 Å². The number of aliphatic hydroxyl groups is 3. The van der Waals surface area contributed by atoms with Crippen molar-refractivity contribution in [1.29, 1.82) is 0 Å². The number of nitrogens with one attached hydrogen (secondary N) is 9. The summed E-state index contributed by atoms with van der Waals surface area (Å²) in [6.45, 7) is 8.85. The van der Waals surface area contributed by atoms with Gasteiger partial charge in [-0.3, -0.25) is 33.6 Å². The van der Waals surface area contributed by atoms with Gasteiger partial charge >= 0.3 is 6.09 Å². The number of phenols is 1. The summed E-state index contributed by atoms with van der Waals surface area (Å²) < 4.78 is 5.33. The molecule has 1 aliphatic rings. The maximum Gasteiger partial charge on any atom is 0.407 e. The molecule has 4 aromatic rings. The minimum absolute atomic E-state index is 0.0565. The van der Waals surface area contributed by atoms with Gasteiger partial charge < -0.3 is 72.7 Å². The Morgan fingerprint density at radius 3 is 2.00 bits per heavy atom. The molecule has 1 aliphatic heterocycles. The summed E-state index contributed by atoms with van der Waals surface area (Å²) in [5.41, 5.74) is 1.94. The largest absolute Gasteiger partial charge is 0.508 e. The lowest BCUT2D eigenvalue weighted by Crippen LogP contribution is -2.62. The van der Waals surface area contributed by atoms with Crippen molar-refractivity contribution in [3.8, 4) is 5.75 Å². The van der Waals surface area contributed by atoms with Crippen LogP contribution in [0.25, 0.3) is 10.9 Å². The van der Waals surface area contributed by atoms with E-state index in [1.54, 1.807) is 52.1 Å². The van der Waals surface area contributed by atoms with Crippen LogP contribution in [0.2, 0.25) is 0 Å². The summed E-state index contributed by atoms with van der Waals surface area (Å²) >= 11 is 0. The molecular formula is C55H75N9O13S2. The molecule has 1 fully saturated rings. The monoisotopic (exact) mass is 1130 g/mol. The van der Waals surface area contributed by atoms with E-state index in [2.05, 4.69) is 47.5 Å². The van der Waals surface area contributed by atoms with Crippen LogP contribution in [0.5, 0.6) is 5.75 Å². The van der Waals surface area contributed by atoms with Gasteiger partial charge in [-0.1, -0.05) is 89.2 Å². The molecule has 0 saturated carbocycles. The number of H-pyrrole nitrogens is 1. The number of para-hydroxylation sites is 1. The Hall–Kier alpha value is -6.86. The van der Waals surface area contributed by atoms with Gasteiger partial charge in [-0.05, 0) is 95.2 Å². The number of aliphatic hydroxyl groups excluding tert-OH is 3. The predicted molar refractivity (Wildman–Crippen MR) is 300 cm³/mol. The quantitative estimate of drug-likeness (QED) is 0.0499. The molecule has 0 spiro atoms. The highest BCUT2D eigenvalue weighted by molar-refractivity contribution is 8.76. The van der Waals surface area contributed by atoms with E-state index in [1.165, 1.54) is 26.0 Å². The first kappa shape index (κ1) is 63.0. The molecule has 0 radical (unpaired) electrons. The number of ether oxygens (including phenoxy) is 1. The minimum atomic E-state index is -1.73. The molecule has 8 amide bonds. The predicted octanol–water partition coefficient (Wildman–Crippen LogP) is 1.78. The van der Waals surface area contributed by atoms with Crippen LogP contribution in [0.4, 0.5) is 4.79 Å². The second-order valence-corrected chi connectivity index (χ2v) is 23.1. The third-order valence-corrected chi connectivity index (χ3v) is 15.2. The molecule has 1 saturated heterocycles. The molecular weight excluding hydrogens is 1060 g/mol. The molecule has 0 aliphatic carbocycles. The molecule has 2 heterocycles. The Morgan fingerprint density at radius 1 is 0.722 bits per heavy atom. The van der Waals surface area contributed by atoms with Crippen LogP contribution in [-0.2, 0) is 57.6 Å². The number of hydrogen-bond acceptors (Lipinski definition) is 15. The molecule has 430 valence electrons. The molecule has 1 aromatic heterocycles. The first-order valence-corrected chi connectivity index (χ1v) is 28.7. The van der Waals surface area contributed by atoms with Gasteiger partial charge in [0, 0.05) is 53.9 Å². The topological polar surface area (TPSA) is 339 Å². The van der Waals surface area contributed by atoms with E-state index in [0.717, 1.165) is 38.1 Å². The zero-order valence-electron chi connectivity index (χ0n) is 45.2. The summed E-state index contributed by atoms with van der Waals surface area (Å²) in [7, 11) is 2.05. The number of carbonyl (C=O) groups excluding carboxylic acids is 8. The number of phenolic OH excluding ortho intramolecular Hbond substituents is 1. The van der Waals surface area contributed by atoms with Crippen molar-refractivity contribution in [2.45, 2.75) is 140 Å². The molecule has 22 nitrogen and oxygen atoms in total. The molecule has 79 heavy (non-hydrogen) atoms. The lowest BCUT2D eigenvalue weighted by molar-refractivity contribution is -0.136. The van der Waals surface area contributed by atoms with E-state index in [4.69, 9.17) is 4.74 Å². The van der Waals surface area contributed by atoms with E-state index in [0.29, 0.717) is 17.5 Å². The maximum absolute atomic E-state index is 14.9. The van der Waals surface area contributed by atoms with Gasteiger partial charge in [-0.2, -0.15) is 0 Å². The average molecular weight is 1130 g/mol. The molecule has 3 unspecified atom stereocenters. The van der Waals surface area contributed by atoms with Crippen LogP contribution in [0.1, 0.15) is 77.5 Å². The first-order chi connectivity index (χ1) is 37.5. The normalized spacial score (nSPS) is 21.8. The van der Waals surface area contributed by atoms with Crippen LogP contribution >= 0.6 is 21.6 Å². The van der Waals surface area contributed by atoms with Gasteiger partial charge in [-0.25, -0.2) is 4.79 Å². The lowest BCUT2D eigenvalue weighted by Gasteiger charge is -2.29. The highest BCUT2D eigenvalue weighted by Gasteiger charge is 2.36. The van der Waals surface area contributed by atoms with E-state index in [-0.39, 0.29) is 55.9 Å². The second-order valence-electron chi connectivity index (χ2n) is 20.6. The van der Waals surface area contributed by atoms with Crippen molar-refractivity contribution < 1.29 is 63.5 Å². The molecule has 0 bridgehead atoms.